The summed E-state index contributed by atoms with van der Waals surface area (Å²) < 4.78 is 23.7. The Kier molecular flexibility index (Phi) is 2.47. The Labute approximate surface area is 94.8 Å². The number of sulfonamides is 1. The SMILES string of the molecule is N#Cc1cnn(-c2nccs2)c1S(N)(=O)=O. The fourth-order valence-corrected chi connectivity index (χ4v) is 2.59. The van der Waals surface area contributed by atoms with E-state index in [-0.39, 0.29) is 10.6 Å². The summed E-state index contributed by atoms with van der Waals surface area (Å²) in [5.74, 6) is 0. The van der Waals surface area contributed by atoms with Gasteiger partial charge in [-0.15, -0.1) is 11.3 Å². The highest BCUT2D eigenvalue weighted by molar-refractivity contribution is 7.89. The maximum Gasteiger partial charge on any atom is 0.257 e. The van der Waals surface area contributed by atoms with E-state index < -0.39 is 10.0 Å². The molecule has 7 nitrogen and oxygen atoms in total. The van der Waals surface area contributed by atoms with Gasteiger partial charge in [-0.3, -0.25) is 0 Å². The monoisotopic (exact) mass is 255 g/mol. The molecule has 0 saturated heterocycles. The van der Waals surface area contributed by atoms with E-state index >= 15 is 0 Å². The predicted octanol–water partition coefficient (Wildman–Crippen LogP) is -0.152. The minimum absolute atomic E-state index is 0.0994. The van der Waals surface area contributed by atoms with Gasteiger partial charge < -0.3 is 0 Å². The molecule has 82 valence electrons. The average molecular weight is 255 g/mol. The van der Waals surface area contributed by atoms with Gasteiger partial charge in [0.15, 0.2) is 5.03 Å². The second-order valence-electron chi connectivity index (χ2n) is 2.75. The van der Waals surface area contributed by atoms with Crippen LogP contribution in [0, 0.1) is 11.3 Å². The topological polar surface area (TPSA) is 115 Å². The van der Waals surface area contributed by atoms with Gasteiger partial charge in [0.05, 0.1) is 6.20 Å². The molecule has 2 N–H and O–H groups in total. The lowest BCUT2D eigenvalue weighted by Crippen LogP contribution is -2.18. The summed E-state index contributed by atoms with van der Waals surface area (Å²) in [6.07, 6.45) is 2.64. The molecule has 0 amide bonds. The van der Waals surface area contributed by atoms with Crippen molar-refractivity contribution < 1.29 is 8.42 Å². The number of thiazole rings is 1. The van der Waals surface area contributed by atoms with Crippen LogP contribution in [0.4, 0.5) is 0 Å². The summed E-state index contributed by atoms with van der Waals surface area (Å²) in [5, 5.41) is 19.2. The summed E-state index contributed by atoms with van der Waals surface area (Å²) in [6, 6.07) is 1.72. The summed E-state index contributed by atoms with van der Waals surface area (Å²) in [6.45, 7) is 0. The molecule has 9 heteroatoms. The van der Waals surface area contributed by atoms with E-state index in [2.05, 4.69) is 10.1 Å². The number of nitrogens with zero attached hydrogens (tertiary/aromatic N) is 4. The predicted molar refractivity (Wildman–Crippen MR) is 55.3 cm³/mol. The first kappa shape index (κ1) is 10.7. The molecule has 2 heterocycles. The first-order chi connectivity index (χ1) is 7.54. The van der Waals surface area contributed by atoms with Gasteiger partial charge in [0, 0.05) is 11.6 Å². The minimum Gasteiger partial charge on any atom is -0.227 e. The van der Waals surface area contributed by atoms with Gasteiger partial charge in [-0.2, -0.15) is 15.0 Å². The third-order valence-electron chi connectivity index (χ3n) is 1.72. The zero-order valence-electron chi connectivity index (χ0n) is 7.73. The van der Waals surface area contributed by atoms with Gasteiger partial charge in [-0.1, -0.05) is 0 Å². The van der Waals surface area contributed by atoms with Gasteiger partial charge in [0.1, 0.15) is 11.6 Å². The molecule has 0 spiro atoms. The second-order valence-corrected chi connectivity index (χ2v) is 5.10. The van der Waals surface area contributed by atoms with E-state index in [1.54, 1.807) is 11.4 Å². The summed E-state index contributed by atoms with van der Waals surface area (Å²) in [5.41, 5.74) is -0.0994. The van der Waals surface area contributed by atoms with Gasteiger partial charge >= 0.3 is 0 Å². The van der Waals surface area contributed by atoms with Gasteiger partial charge in [0.25, 0.3) is 10.0 Å². The quantitative estimate of drug-likeness (QED) is 0.801. The number of hydrogen-bond acceptors (Lipinski definition) is 6. The van der Waals surface area contributed by atoms with Crippen LogP contribution in [0.3, 0.4) is 0 Å². The zero-order valence-corrected chi connectivity index (χ0v) is 9.36. The van der Waals surface area contributed by atoms with E-state index in [1.807, 2.05) is 0 Å². The van der Waals surface area contributed by atoms with Crippen LogP contribution in [0.1, 0.15) is 5.56 Å². The molecule has 0 unspecified atom stereocenters. The molecule has 0 saturated carbocycles. The molecular formula is C7H5N5O2S2. The number of nitrogens with two attached hydrogens (primary N) is 1. The maximum atomic E-state index is 11.3. The largest absolute Gasteiger partial charge is 0.257 e. The van der Waals surface area contributed by atoms with Crippen molar-refractivity contribution in [3.05, 3.63) is 23.3 Å². The van der Waals surface area contributed by atoms with Crippen molar-refractivity contribution in [1.82, 2.24) is 14.8 Å². The van der Waals surface area contributed by atoms with Crippen molar-refractivity contribution in [2.75, 3.05) is 0 Å². The van der Waals surface area contributed by atoms with Crippen LogP contribution in [-0.4, -0.2) is 23.2 Å². The van der Waals surface area contributed by atoms with Crippen molar-refractivity contribution in [3.8, 4) is 11.2 Å². The number of hydrogen-bond donors (Lipinski definition) is 1. The molecule has 16 heavy (non-hydrogen) atoms. The molecule has 0 aliphatic carbocycles. The summed E-state index contributed by atoms with van der Waals surface area (Å²) in [4.78, 5) is 3.90. The van der Waals surface area contributed by atoms with Crippen LogP contribution in [0.25, 0.3) is 5.13 Å². The molecule has 0 radical (unpaired) electrons. The minimum atomic E-state index is -4.01. The standard InChI is InChI=1S/C7H5N5O2S2/c8-3-5-4-11-12(6(5)16(9,13)14)7-10-1-2-15-7/h1-2,4H,(H2,9,13,14). The molecule has 2 aromatic rings. The Balaban J connectivity index is 2.75. The molecule has 0 bridgehead atoms. The van der Waals surface area contributed by atoms with Crippen LogP contribution >= 0.6 is 11.3 Å². The van der Waals surface area contributed by atoms with Crippen LogP contribution in [0.15, 0.2) is 22.8 Å². The van der Waals surface area contributed by atoms with Crippen molar-refractivity contribution in [3.63, 3.8) is 0 Å². The fourth-order valence-electron chi connectivity index (χ4n) is 1.14. The van der Waals surface area contributed by atoms with Crippen LogP contribution in [0.5, 0.6) is 0 Å². The molecule has 0 aromatic carbocycles. The molecule has 0 atom stereocenters. The highest BCUT2D eigenvalue weighted by Crippen LogP contribution is 2.19. The Hall–Kier alpha value is -1.76. The van der Waals surface area contributed by atoms with Gasteiger partial charge in [-0.25, -0.2) is 18.5 Å². The molecule has 2 rings (SSSR count). The van der Waals surface area contributed by atoms with E-state index in [0.29, 0.717) is 5.13 Å². The van der Waals surface area contributed by atoms with Crippen LogP contribution < -0.4 is 5.14 Å². The van der Waals surface area contributed by atoms with Crippen molar-refractivity contribution >= 4 is 21.4 Å². The maximum absolute atomic E-state index is 11.3. The van der Waals surface area contributed by atoms with E-state index in [9.17, 15) is 8.42 Å². The lowest BCUT2D eigenvalue weighted by Gasteiger charge is -2.01. The molecular weight excluding hydrogens is 250 g/mol. The number of primary sulfonamides is 1. The Morgan fingerprint density at radius 2 is 2.31 bits per heavy atom. The third-order valence-corrected chi connectivity index (χ3v) is 3.39. The van der Waals surface area contributed by atoms with Crippen molar-refractivity contribution in [1.29, 1.82) is 5.26 Å². The number of rotatable bonds is 2. The van der Waals surface area contributed by atoms with E-state index in [4.69, 9.17) is 10.4 Å². The first-order valence-electron chi connectivity index (χ1n) is 3.95. The molecule has 0 aliphatic heterocycles. The first-order valence-corrected chi connectivity index (χ1v) is 6.37. The number of aromatic nitrogens is 3. The van der Waals surface area contributed by atoms with Gasteiger partial charge in [-0.05, 0) is 0 Å². The van der Waals surface area contributed by atoms with Crippen LogP contribution in [-0.2, 0) is 10.0 Å². The Morgan fingerprint density at radius 3 is 2.81 bits per heavy atom. The zero-order chi connectivity index (χ0) is 11.8. The van der Waals surface area contributed by atoms with E-state index in [0.717, 1.165) is 10.9 Å². The van der Waals surface area contributed by atoms with Crippen molar-refractivity contribution in [2.24, 2.45) is 5.14 Å². The third kappa shape index (κ3) is 1.69. The number of nitriles is 1. The summed E-state index contributed by atoms with van der Waals surface area (Å²) >= 11 is 1.19. The summed E-state index contributed by atoms with van der Waals surface area (Å²) in [7, 11) is -4.01. The molecule has 0 aliphatic rings. The van der Waals surface area contributed by atoms with Crippen LogP contribution in [0.2, 0.25) is 0 Å². The normalized spacial score (nSPS) is 11.2. The van der Waals surface area contributed by atoms with Gasteiger partial charge in [0.2, 0.25) is 5.13 Å². The lowest BCUT2D eigenvalue weighted by atomic mass is 10.4. The van der Waals surface area contributed by atoms with E-state index in [1.165, 1.54) is 17.5 Å². The fraction of sp³-hybridized carbons (Fsp3) is 0. The Morgan fingerprint density at radius 1 is 1.56 bits per heavy atom. The van der Waals surface area contributed by atoms with Crippen molar-refractivity contribution in [2.45, 2.75) is 5.03 Å². The highest BCUT2D eigenvalue weighted by Gasteiger charge is 2.23. The Bertz CT molecular complexity index is 650. The highest BCUT2D eigenvalue weighted by atomic mass is 32.2. The second kappa shape index (κ2) is 3.67. The smallest absolute Gasteiger partial charge is 0.227 e. The lowest BCUT2D eigenvalue weighted by molar-refractivity contribution is 0.587. The molecule has 2 aromatic heterocycles. The molecule has 0 fully saturated rings. The average Bonchev–Trinajstić information content (AvgIpc) is 2.84.